The first-order chi connectivity index (χ1) is 14.3. The first-order valence-corrected chi connectivity index (χ1v) is 10.4. The molecular weight excluding hydrogens is 360 g/mol. The van der Waals surface area contributed by atoms with Gasteiger partial charge in [-0.1, -0.05) is 12.1 Å². The van der Waals surface area contributed by atoms with E-state index < -0.39 is 0 Å². The Morgan fingerprint density at radius 3 is 1.76 bits per heavy atom. The molecule has 1 aliphatic carbocycles. The second-order valence-corrected chi connectivity index (χ2v) is 8.05. The van der Waals surface area contributed by atoms with Crippen LogP contribution in [-0.2, 0) is 0 Å². The van der Waals surface area contributed by atoms with E-state index in [1.165, 1.54) is 25.7 Å². The van der Waals surface area contributed by atoms with E-state index in [4.69, 9.17) is 4.74 Å². The molecule has 0 N–H and O–H groups in total. The fraction of sp³-hybridized carbons (Fsp3) is 0.250. The molecule has 4 aromatic rings. The van der Waals surface area contributed by atoms with E-state index in [0.29, 0.717) is 12.1 Å². The molecule has 0 amide bonds. The van der Waals surface area contributed by atoms with Crippen LogP contribution in [0.3, 0.4) is 0 Å². The van der Waals surface area contributed by atoms with Gasteiger partial charge in [-0.05, 0) is 49.9 Å². The van der Waals surface area contributed by atoms with E-state index in [9.17, 15) is 0 Å². The highest BCUT2D eigenvalue weighted by Crippen LogP contribution is 2.31. The Morgan fingerprint density at radius 1 is 0.724 bits per heavy atom. The summed E-state index contributed by atoms with van der Waals surface area (Å²) in [6.07, 6.45) is 18.1. The summed E-state index contributed by atoms with van der Waals surface area (Å²) in [5.41, 5.74) is 2.22. The van der Waals surface area contributed by atoms with Crippen molar-refractivity contribution >= 4 is 0 Å². The number of ether oxygens (including phenoxy) is 1. The van der Waals surface area contributed by atoms with Gasteiger partial charge in [0.15, 0.2) is 0 Å². The molecule has 2 aromatic carbocycles. The standard InChI is InChI=1S/C24H24N4O/c1-2-10-24-23(9-1)27-13-11-25(17-27)19-5-3-7-21(15-19)29-22-8-4-6-20(16-22)26-12-14-28(24)18-26/h3-8,11-18,23-24H,1-2,9-10H2/q+2. The minimum absolute atomic E-state index is 0.460. The molecule has 0 spiro atoms. The van der Waals surface area contributed by atoms with Crippen LogP contribution in [0.25, 0.3) is 11.4 Å². The molecule has 5 heteroatoms. The van der Waals surface area contributed by atoms with Crippen LogP contribution in [0.4, 0.5) is 0 Å². The predicted molar refractivity (Wildman–Crippen MR) is 109 cm³/mol. The molecular formula is C24H24N4O+2. The largest absolute Gasteiger partial charge is 0.457 e. The molecule has 2 unspecified atom stereocenters. The van der Waals surface area contributed by atoms with Gasteiger partial charge in [0.1, 0.15) is 59.7 Å². The Balaban J connectivity index is 1.54. The average Bonchev–Trinajstić information content (AvgIpc) is 3.44. The van der Waals surface area contributed by atoms with Crippen LogP contribution in [0.2, 0.25) is 0 Å². The van der Waals surface area contributed by atoms with Gasteiger partial charge < -0.3 is 4.74 Å². The Labute approximate surface area is 170 Å². The van der Waals surface area contributed by atoms with Crippen LogP contribution in [0, 0.1) is 0 Å². The van der Waals surface area contributed by atoms with Crippen molar-refractivity contribution in [2.45, 2.75) is 37.8 Å². The highest BCUT2D eigenvalue weighted by molar-refractivity contribution is 5.44. The molecule has 3 heterocycles. The van der Waals surface area contributed by atoms with Crippen molar-refractivity contribution in [3.8, 4) is 22.9 Å². The minimum atomic E-state index is 0.460. The number of hydrogen-bond donors (Lipinski definition) is 0. The van der Waals surface area contributed by atoms with E-state index in [1.807, 2.05) is 24.3 Å². The molecule has 144 valence electrons. The zero-order chi connectivity index (χ0) is 19.2. The summed E-state index contributed by atoms with van der Waals surface area (Å²) >= 11 is 0. The van der Waals surface area contributed by atoms with Crippen LogP contribution >= 0.6 is 0 Å². The zero-order valence-electron chi connectivity index (χ0n) is 16.3. The van der Waals surface area contributed by atoms with Gasteiger partial charge in [0.05, 0.1) is 0 Å². The molecule has 1 fully saturated rings. The summed E-state index contributed by atoms with van der Waals surface area (Å²) in [6.45, 7) is 0. The summed E-state index contributed by atoms with van der Waals surface area (Å²) in [4.78, 5) is 0. The monoisotopic (exact) mass is 384 g/mol. The van der Waals surface area contributed by atoms with Gasteiger partial charge in [0, 0.05) is 12.1 Å². The van der Waals surface area contributed by atoms with Crippen molar-refractivity contribution < 1.29 is 13.9 Å². The number of hydrogen-bond acceptors (Lipinski definition) is 1. The lowest BCUT2D eigenvalue weighted by Gasteiger charge is -2.26. The van der Waals surface area contributed by atoms with Crippen molar-refractivity contribution in [3.05, 3.63) is 86.0 Å². The number of rotatable bonds is 0. The molecule has 6 rings (SSSR count). The maximum Gasteiger partial charge on any atom is 0.249 e. The SMILES string of the molecule is c1cc2cc(c1)-n1cc[n+](c1)C1CCCCC1[n+]1ccn(c1)-c1cccc(c1)O2. The van der Waals surface area contributed by atoms with Gasteiger partial charge in [0.2, 0.25) is 12.7 Å². The molecule has 0 radical (unpaired) electrons. The summed E-state index contributed by atoms with van der Waals surface area (Å²) in [6, 6.07) is 17.5. The second-order valence-electron chi connectivity index (χ2n) is 8.05. The first kappa shape index (κ1) is 16.6. The molecule has 5 nitrogen and oxygen atoms in total. The number of benzene rings is 2. The maximum atomic E-state index is 6.19. The van der Waals surface area contributed by atoms with Gasteiger partial charge in [0.25, 0.3) is 0 Å². The lowest BCUT2D eigenvalue weighted by Crippen LogP contribution is -2.52. The van der Waals surface area contributed by atoms with E-state index in [2.05, 4.69) is 80.0 Å². The Morgan fingerprint density at radius 2 is 1.24 bits per heavy atom. The smallest absolute Gasteiger partial charge is 0.249 e. The van der Waals surface area contributed by atoms with E-state index in [0.717, 1.165) is 22.9 Å². The topological polar surface area (TPSA) is 26.8 Å². The normalized spacial score (nSPS) is 20.1. The Bertz CT molecular complexity index is 1080. The van der Waals surface area contributed by atoms with Gasteiger partial charge in [-0.25, -0.2) is 18.3 Å². The van der Waals surface area contributed by atoms with Crippen molar-refractivity contribution in [2.75, 3.05) is 0 Å². The molecule has 29 heavy (non-hydrogen) atoms. The number of imidazole rings is 2. The fourth-order valence-corrected chi connectivity index (χ4v) is 4.78. The first-order valence-electron chi connectivity index (χ1n) is 10.4. The molecule has 0 saturated heterocycles. The average molecular weight is 384 g/mol. The molecule has 2 atom stereocenters. The molecule has 1 aliphatic heterocycles. The third-order valence-electron chi connectivity index (χ3n) is 6.24. The maximum absolute atomic E-state index is 6.19. The van der Waals surface area contributed by atoms with Gasteiger partial charge in [-0.2, -0.15) is 0 Å². The number of aromatic nitrogens is 4. The summed E-state index contributed by atoms with van der Waals surface area (Å²) in [7, 11) is 0. The minimum Gasteiger partial charge on any atom is -0.457 e. The molecule has 2 aliphatic rings. The van der Waals surface area contributed by atoms with Gasteiger partial charge >= 0.3 is 0 Å². The van der Waals surface area contributed by atoms with Gasteiger partial charge in [-0.15, -0.1) is 0 Å². The van der Waals surface area contributed by atoms with Gasteiger partial charge in [-0.3, -0.25) is 0 Å². The molecule has 1 saturated carbocycles. The van der Waals surface area contributed by atoms with Crippen molar-refractivity contribution in [2.24, 2.45) is 0 Å². The van der Waals surface area contributed by atoms with Crippen LogP contribution in [0.5, 0.6) is 11.5 Å². The number of fused-ring (bicyclic) bond motifs is 13. The second kappa shape index (κ2) is 6.62. The van der Waals surface area contributed by atoms with E-state index in [1.54, 1.807) is 0 Å². The van der Waals surface area contributed by atoms with Crippen molar-refractivity contribution in [1.29, 1.82) is 0 Å². The Hall–Kier alpha value is -3.34. The summed E-state index contributed by atoms with van der Waals surface area (Å²) in [5.74, 6) is 1.68. The lowest BCUT2D eigenvalue weighted by atomic mass is 9.90. The third kappa shape index (κ3) is 2.94. The van der Waals surface area contributed by atoms with Crippen LogP contribution < -0.4 is 13.9 Å². The highest BCUT2D eigenvalue weighted by atomic mass is 16.5. The number of nitrogens with zero attached hydrogens (tertiary/aromatic N) is 4. The van der Waals surface area contributed by atoms with Crippen molar-refractivity contribution in [3.63, 3.8) is 0 Å². The highest BCUT2D eigenvalue weighted by Gasteiger charge is 2.35. The van der Waals surface area contributed by atoms with Crippen LogP contribution in [-0.4, -0.2) is 9.13 Å². The van der Waals surface area contributed by atoms with E-state index in [-0.39, 0.29) is 0 Å². The molecule has 2 aromatic heterocycles. The van der Waals surface area contributed by atoms with Crippen LogP contribution in [0.1, 0.15) is 37.8 Å². The fourth-order valence-electron chi connectivity index (χ4n) is 4.78. The van der Waals surface area contributed by atoms with Crippen molar-refractivity contribution in [1.82, 2.24) is 9.13 Å². The van der Waals surface area contributed by atoms with Crippen LogP contribution in [0.15, 0.2) is 86.0 Å². The molecule has 8 bridgehead atoms. The zero-order valence-corrected chi connectivity index (χ0v) is 16.3. The van der Waals surface area contributed by atoms with E-state index >= 15 is 0 Å². The quantitative estimate of drug-likeness (QED) is 0.415. The lowest BCUT2D eigenvalue weighted by molar-refractivity contribution is -0.819. The summed E-state index contributed by atoms with van der Waals surface area (Å²) in [5, 5.41) is 0. The predicted octanol–water partition coefficient (Wildman–Crippen LogP) is 4.31. The third-order valence-corrected chi connectivity index (χ3v) is 6.24. The Kier molecular flexibility index (Phi) is 3.79. The summed E-state index contributed by atoms with van der Waals surface area (Å²) < 4.78 is 15.3.